The fourth-order valence-corrected chi connectivity index (χ4v) is 1.62. The molecule has 1 atom stereocenters. The Morgan fingerprint density at radius 1 is 1.28 bits per heavy atom. The van der Waals surface area contributed by atoms with Crippen molar-refractivity contribution in [2.24, 2.45) is 5.73 Å². The van der Waals surface area contributed by atoms with Crippen LogP contribution in [0.3, 0.4) is 0 Å². The molecule has 5 heteroatoms. The van der Waals surface area contributed by atoms with Gasteiger partial charge < -0.3 is 15.2 Å². The lowest BCUT2D eigenvalue weighted by Crippen LogP contribution is -2.16. The molecule has 96 valence electrons. The predicted molar refractivity (Wildman–Crippen MR) is 69.0 cm³/mol. The van der Waals surface area contributed by atoms with Crippen LogP contribution in [0.15, 0.2) is 34.9 Å². The van der Waals surface area contributed by atoms with Gasteiger partial charge in [0.1, 0.15) is 6.04 Å². The van der Waals surface area contributed by atoms with Gasteiger partial charge in [-0.1, -0.05) is 35.5 Å². The SMILES string of the molecule is CN(C)CCc1noc(C(N)c2ccccc2)n1. The van der Waals surface area contributed by atoms with Crippen LogP contribution < -0.4 is 5.73 Å². The number of hydrogen-bond donors (Lipinski definition) is 1. The highest BCUT2D eigenvalue weighted by molar-refractivity contribution is 5.22. The highest BCUT2D eigenvalue weighted by Gasteiger charge is 2.16. The Bertz CT molecular complexity index is 481. The van der Waals surface area contributed by atoms with Crippen molar-refractivity contribution < 1.29 is 4.52 Å². The zero-order valence-electron chi connectivity index (χ0n) is 10.7. The first kappa shape index (κ1) is 12.7. The van der Waals surface area contributed by atoms with E-state index in [2.05, 4.69) is 15.0 Å². The summed E-state index contributed by atoms with van der Waals surface area (Å²) in [5, 5.41) is 3.94. The molecule has 0 aliphatic heterocycles. The Balaban J connectivity index is 2.06. The standard InChI is InChI=1S/C13H18N4O/c1-17(2)9-8-11-15-13(18-16-11)12(14)10-6-4-3-5-7-10/h3-7,12H,8-9,14H2,1-2H3. The Kier molecular flexibility index (Phi) is 4.07. The maximum absolute atomic E-state index is 6.08. The first-order valence-electron chi connectivity index (χ1n) is 5.94. The lowest BCUT2D eigenvalue weighted by molar-refractivity contribution is 0.357. The molecule has 1 heterocycles. The van der Waals surface area contributed by atoms with Crippen LogP contribution in [0.25, 0.3) is 0 Å². The molecular weight excluding hydrogens is 228 g/mol. The van der Waals surface area contributed by atoms with E-state index in [0.29, 0.717) is 11.7 Å². The lowest BCUT2D eigenvalue weighted by atomic mass is 10.1. The summed E-state index contributed by atoms with van der Waals surface area (Å²) in [4.78, 5) is 6.41. The van der Waals surface area contributed by atoms with Crippen molar-refractivity contribution in [3.05, 3.63) is 47.6 Å². The molecule has 0 aliphatic rings. The Morgan fingerprint density at radius 3 is 2.67 bits per heavy atom. The van der Waals surface area contributed by atoms with Crippen molar-refractivity contribution in [2.75, 3.05) is 20.6 Å². The van der Waals surface area contributed by atoms with Crippen molar-refractivity contribution >= 4 is 0 Å². The third-order valence-corrected chi connectivity index (χ3v) is 2.69. The lowest BCUT2D eigenvalue weighted by Gasteiger charge is -2.06. The maximum Gasteiger partial charge on any atom is 0.248 e. The van der Waals surface area contributed by atoms with Gasteiger partial charge >= 0.3 is 0 Å². The molecule has 18 heavy (non-hydrogen) atoms. The highest BCUT2D eigenvalue weighted by Crippen LogP contribution is 2.17. The molecular formula is C13H18N4O. The second-order valence-corrected chi connectivity index (χ2v) is 4.49. The molecule has 0 radical (unpaired) electrons. The van der Waals surface area contributed by atoms with E-state index in [1.165, 1.54) is 0 Å². The fourth-order valence-electron chi connectivity index (χ4n) is 1.62. The second-order valence-electron chi connectivity index (χ2n) is 4.49. The van der Waals surface area contributed by atoms with Crippen molar-refractivity contribution in [3.8, 4) is 0 Å². The molecule has 0 saturated carbocycles. The quantitative estimate of drug-likeness (QED) is 0.859. The number of nitrogens with zero attached hydrogens (tertiary/aromatic N) is 3. The summed E-state index contributed by atoms with van der Waals surface area (Å²) in [5.74, 6) is 1.17. The normalized spacial score (nSPS) is 12.9. The molecule has 0 spiro atoms. The highest BCUT2D eigenvalue weighted by atomic mass is 16.5. The van der Waals surface area contributed by atoms with Crippen molar-refractivity contribution in [1.82, 2.24) is 15.0 Å². The van der Waals surface area contributed by atoms with E-state index in [1.54, 1.807) is 0 Å². The smallest absolute Gasteiger partial charge is 0.248 e. The van der Waals surface area contributed by atoms with Gasteiger partial charge in [0.15, 0.2) is 5.82 Å². The van der Waals surface area contributed by atoms with Gasteiger partial charge in [-0.25, -0.2) is 0 Å². The molecule has 0 fully saturated rings. The summed E-state index contributed by atoms with van der Waals surface area (Å²) in [5.41, 5.74) is 7.05. The minimum atomic E-state index is -0.355. The molecule has 0 bridgehead atoms. The van der Waals surface area contributed by atoms with Gasteiger partial charge in [0.2, 0.25) is 5.89 Å². The summed E-state index contributed by atoms with van der Waals surface area (Å²) in [7, 11) is 4.02. The average Bonchev–Trinajstić information content (AvgIpc) is 2.85. The number of benzene rings is 1. The molecule has 1 unspecified atom stereocenters. The van der Waals surface area contributed by atoms with E-state index in [9.17, 15) is 0 Å². The number of hydrogen-bond acceptors (Lipinski definition) is 5. The molecule has 0 amide bonds. The monoisotopic (exact) mass is 246 g/mol. The molecule has 2 aromatic rings. The van der Waals surface area contributed by atoms with Gasteiger partial charge in [0.05, 0.1) is 0 Å². The second kappa shape index (κ2) is 5.75. The van der Waals surface area contributed by atoms with Crippen molar-refractivity contribution in [3.63, 3.8) is 0 Å². The summed E-state index contributed by atoms with van der Waals surface area (Å²) < 4.78 is 5.21. The van der Waals surface area contributed by atoms with E-state index in [-0.39, 0.29) is 6.04 Å². The Labute approximate surface area is 107 Å². The summed E-state index contributed by atoms with van der Waals surface area (Å²) >= 11 is 0. The zero-order chi connectivity index (χ0) is 13.0. The van der Waals surface area contributed by atoms with E-state index >= 15 is 0 Å². The van der Waals surface area contributed by atoms with Crippen LogP contribution in [0, 0.1) is 0 Å². The molecule has 1 aromatic heterocycles. The van der Waals surface area contributed by atoms with Crippen LogP contribution in [0.2, 0.25) is 0 Å². The molecule has 0 aliphatic carbocycles. The van der Waals surface area contributed by atoms with Gasteiger partial charge in [-0.3, -0.25) is 0 Å². The van der Waals surface area contributed by atoms with Crippen LogP contribution in [-0.4, -0.2) is 35.7 Å². The Morgan fingerprint density at radius 2 is 2.00 bits per heavy atom. The van der Waals surface area contributed by atoms with Crippen LogP contribution >= 0.6 is 0 Å². The number of nitrogens with two attached hydrogens (primary N) is 1. The fraction of sp³-hybridized carbons (Fsp3) is 0.385. The zero-order valence-corrected chi connectivity index (χ0v) is 10.7. The number of likely N-dealkylation sites (N-methyl/N-ethyl adjacent to an activating group) is 1. The minimum Gasteiger partial charge on any atom is -0.337 e. The van der Waals surface area contributed by atoms with E-state index in [1.807, 2.05) is 44.4 Å². The summed E-state index contributed by atoms with van der Waals surface area (Å²) in [6.45, 7) is 0.888. The molecule has 2 rings (SSSR count). The predicted octanol–water partition coefficient (Wildman–Crippen LogP) is 1.22. The number of rotatable bonds is 5. The van der Waals surface area contributed by atoms with Gasteiger partial charge in [-0.15, -0.1) is 0 Å². The van der Waals surface area contributed by atoms with Crippen LogP contribution in [-0.2, 0) is 6.42 Å². The van der Waals surface area contributed by atoms with Gasteiger partial charge in [0, 0.05) is 13.0 Å². The third kappa shape index (κ3) is 3.15. The van der Waals surface area contributed by atoms with E-state index in [4.69, 9.17) is 10.3 Å². The van der Waals surface area contributed by atoms with Gasteiger partial charge in [-0.2, -0.15) is 4.98 Å². The molecule has 5 nitrogen and oxygen atoms in total. The van der Waals surface area contributed by atoms with Gasteiger partial charge in [0.25, 0.3) is 0 Å². The van der Waals surface area contributed by atoms with E-state index in [0.717, 1.165) is 18.5 Å². The maximum atomic E-state index is 6.08. The summed E-state index contributed by atoms with van der Waals surface area (Å²) in [6, 6.07) is 9.39. The molecule has 0 saturated heterocycles. The minimum absolute atomic E-state index is 0.355. The van der Waals surface area contributed by atoms with Crippen LogP contribution in [0.1, 0.15) is 23.3 Å². The number of aromatic nitrogens is 2. The topological polar surface area (TPSA) is 68.2 Å². The Hall–Kier alpha value is -1.72. The third-order valence-electron chi connectivity index (χ3n) is 2.69. The average molecular weight is 246 g/mol. The first-order valence-corrected chi connectivity index (χ1v) is 5.94. The molecule has 2 N–H and O–H groups in total. The first-order chi connectivity index (χ1) is 8.66. The van der Waals surface area contributed by atoms with Crippen LogP contribution in [0.4, 0.5) is 0 Å². The van der Waals surface area contributed by atoms with Crippen molar-refractivity contribution in [2.45, 2.75) is 12.5 Å². The van der Waals surface area contributed by atoms with Gasteiger partial charge in [-0.05, 0) is 19.7 Å². The van der Waals surface area contributed by atoms with Crippen molar-refractivity contribution in [1.29, 1.82) is 0 Å². The van der Waals surface area contributed by atoms with Crippen LogP contribution in [0.5, 0.6) is 0 Å². The summed E-state index contributed by atoms with van der Waals surface area (Å²) in [6.07, 6.45) is 0.762. The molecule has 1 aromatic carbocycles. The van der Waals surface area contributed by atoms with E-state index < -0.39 is 0 Å². The largest absolute Gasteiger partial charge is 0.337 e.